The number of ether oxygens (including phenoxy) is 2. The Bertz CT molecular complexity index is 88.5. The highest BCUT2D eigenvalue weighted by atomic mass is 28.2. The second-order valence-electron chi connectivity index (χ2n) is 2.82. The Morgan fingerprint density at radius 2 is 1.91 bits per heavy atom. The molecule has 0 saturated carbocycles. The van der Waals surface area contributed by atoms with Crippen LogP contribution in [0.4, 0.5) is 0 Å². The lowest BCUT2D eigenvalue weighted by molar-refractivity contribution is -0.0443. The minimum Gasteiger partial charge on any atom is -0.360 e. The van der Waals surface area contributed by atoms with Gasteiger partial charge in [-0.2, -0.15) is 0 Å². The minimum absolute atomic E-state index is 0.0731. The van der Waals surface area contributed by atoms with Crippen LogP contribution in [-0.4, -0.2) is 36.2 Å². The first-order valence-electron chi connectivity index (χ1n) is 4.00. The van der Waals surface area contributed by atoms with Gasteiger partial charge in [0, 0.05) is 14.2 Å². The van der Waals surface area contributed by atoms with Gasteiger partial charge in [-0.15, -0.1) is 0 Å². The summed E-state index contributed by atoms with van der Waals surface area (Å²) in [6, 6.07) is 1.20. The molecule has 68 valence electrons. The van der Waals surface area contributed by atoms with Gasteiger partial charge in [0.2, 0.25) is 0 Å². The van der Waals surface area contributed by atoms with Crippen LogP contribution >= 0.6 is 0 Å². The zero-order chi connectivity index (χ0) is 8.69. The van der Waals surface area contributed by atoms with Crippen molar-refractivity contribution in [3.8, 4) is 0 Å². The first kappa shape index (κ1) is 11.1. The van der Waals surface area contributed by atoms with Crippen LogP contribution < -0.4 is 5.73 Å². The van der Waals surface area contributed by atoms with Gasteiger partial charge in [-0.3, -0.25) is 0 Å². The van der Waals surface area contributed by atoms with E-state index in [4.69, 9.17) is 15.2 Å². The predicted octanol–water partition coefficient (Wildman–Crippen LogP) is -0.255. The highest BCUT2D eigenvalue weighted by molar-refractivity contribution is 6.36. The van der Waals surface area contributed by atoms with Gasteiger partial charge in [0.15, 0.2) is 0 Å². The van der Waals surface area contributed by atoms with E-state index < -0.39 is 0 Å². The van der Waals surface area contributed by atoms with Crippen molar-refractivity contribution in [2.24, 2.45) is 11.7 Å². The maximum absolute atomic E-state index is 5.48. The van der Waals surface area contributed by atoms with Crippen LogP contribution in [0.2, 0.25) is 6.04 Å². The lowest BCUT2D eigenvalue weighted by Gasteiger charge is -2.14. The molecule has 0 aromatic rings. The fraction of sp³-hybridized carbons (Fsp3) is 1.00. The molecular formula is C7H19NO2Si. The molecule has 0 rings (SSSR count). The Hall–Kier alpha value is 0.0969. The Labute approximate surface area is 71.1 Å². The fourth-order valence-electron chi connectivity index (χ4n) is 0.870. The number of hydrogen-bond acceptors (Lipinski definition) is 3. The van der Waals surface area contributed by atoms with Crippen molar-refractivity contribution in [1.82, 2.24) is 0 Å². The number of methoxy groups -OCH3 is 2. The molecule has 4 heteroatoms. The molecule has 0 heterocycles. The van der Waals surface area contributed by atoms with Gasteiger partial charge in [0.1, 0.15) is 5.91 Å². The third-order valence-electron chi connectivity index (χ3n) is 1.82. The van der Waals surface area contributed by atoms with Crippen molar-refractivity contribution in [2.75, 3.05) is 20.8 Å². The molecule has 0 amide bonds. The summed E-state index contributed by atoms with van der Waals surface area (Å²) < 4.78 is 10.2. The van der Waals surface area contributed by atoms with Gasteiger partial charge < -0.3 is 15.2 Å². The topological polar surface area (TPSA) is 44.5 Å². The maximum Gasteiger partial charge on any atom is 0.134 e. The molecular weight excluding hydrogens is 158 g/mol. The van der Waals surface area contributed by atoms with Gasteiger partial charge in [-0.05, 0) is 12.5 Å². The molecule has 0 aromatic carbocycles. The van der Waals surface area contributed by atoms with Crippen LogP contribution in [0.1, 0.15) is 6.92 Å². The third kappa shape index (κ3) is 5.38. The van der Waals surface area contributed by atoms with E-state index in [0.29, 0.717) is 5.92 Å². The highest BCUT2D eigenvalue weighted by Gasteiger charge is 2.07. The number of rotatable bonds is 6. The van der Waals surface area contributed by atoms with E-state index in [1.807, 2.05) is 0 Å². The predicted molar refractivity (Wildman–Crippen MR) is 49.4 cm³/mol. The van der Waals surface area contributed by atoms with Crippen LogP contribution in [-0.2, 0) is 9.47 Å². The van der Waals surface area contributed by atoms with E-state index in [1.165, 1.54) is 6.04 Å². The second kappa shape index (κ2) is 6.79. The molecule has 0 aliphatic carbocycles. The van der Waals surface area contributed by atoms with Crippen LogP contribution in [0.25, 0.3) is 0 Å². The van der Waals surface area contributed by atoms with Gasteiger partial charge >= 0.3 is 0 Å². The van der Waals surface area contributed by atoms with Crippen LogP contribution in [0.3, 0.4) is 0 Å². The molecule has 1 unspecified atom stereocenters. The van der Waals surface area contributed by atoms with E-state index in [1.54, 1.807) is 14.2 Å². The molecule has 0 spiro atoms. The summed E-state index contributed by atoms with van der Waals surface area (Å²) >= 11 is 0. The van der Waals surface area contributed by atoms with E-state index in [2.05, 4.69) is 6.92 Å². The van der Waals surface area contributed by atoms with Crippen molar-refractivity contribution in [3.05, 3.63) is 0 Å². The van der Waals surface area contributed by atoms with Crippen LogP contribution in [0.5, 0.6) is 0 Å². The summed E-state index contributed by atoms with van der Waals surface area (Å²) in [6.07, 6.45) is 0. The standard InChI is InChI=1S/C7H19NO2Si/c1-6(4-8)5-11-7(9-2)10-3/h6-7H,4-5,8,11H2,1-3H3. The van der Waals surface area contributed by atoms with Gasteiger partial charge in [-0.25, -0.2) is 0 Å². The Morgan fingerprint density at radius 3 is 2.27 bits per heavy atom. The van der Waals surface area contributed by atoms with Gasteiger partial charge in [0.25, 0.3) is 0 Å². The fourth-order valence-corrected chi connectivity index (χ4v) is 2.42. The summed E-state index contributed by atoms with van der Waals surface area (Å²) in [6.45, 7) is 2.93. The summed E-state index contributed by atoms with van der Waals surface area (Å²) in [5.41, 5.74) is 5.48. The van der Waals surface area contributed by atoms with Gasteiger partial charge in [0.05, 0.1) is 9.52 Å². The number of nitrogens with two attached hydrogens (primary N) is 1. The molecule has 0 fully saturated rings. The SMILES string of the molecule is COC(OC)[SiH2]CC(C)CN. The van der Waals surface area contributed by atoms with Gasteiger partial charge in [-0.1, -0.05) is 13.0 Å². The Balaban J connectivity index is 3.34. The monoisotopic (exact) mass is 177 g/mol. The molecule has 0 aliphatic heterocycles. The van der Waals surface area contributed by atoms with Crippen molar-refractivity contribution < 1.29 is 9.47 Å². The van der Waals surface area contributed by atoms with Crippen molar-refractivity contribution in [2.45, 2.75) is 18.9 Å². The van der Waals surface area contributed by atoms with E-state index in [-0.39, 0.29) is 15.4 Å². The lowest BCUT2D eigenvalue weighted by Crippen LogP contribution is -2.24. The largest absolute Gasteiger partial charge is 0.360 e. The average Bonchev–Trinajstić information content (AvgIpc) is 2.06. The number of hydrogen-bond donors (Lipinski definition) is 1. The Morgan fingerprint density at radius 1 is 1.36 bits per heavy atom. The molecule has 1 atom stereocenters. The smallest absolute Gasteiger partial charge is 0.134 e. The van der Waals surface area contributed by atoms with E-state index in [9.17, 15) is 0 Å². The van der Waals surface area contributed by atoms with Crippen molar-refractivity contribution in [3.63, 3.8) is 0 Å². The van der Waals surface area contributed by atoms with Crippen molar-refractivity contribution >= 4 is 9.52 Å². The minimum atomic E-state index is -0.258. The maximum atomic E-state index is 5.48. The quantitative estimate of drug-likeness (QED) is 0.449. The molecule has 0 aromatic heterocycles. The average molecular weight is 177 g/mol. The van der Waals surface area contributed by atoms with E-state index >= 15 is 0 Å². The Kier molecular flexibility index (Phi) is 6.85. The second-order valence-corrected chi connectivity index (χ2v) is 4.64. The summed E-state index contributed by atoms with van der Waals surface area (Å²) in [5.74, 6) is 0.693. The highest BCUT2D eigenvalue weighted by Crippen LogP contribution is 2.01. The zero-order valence-corrected chi connectivity index (χ0v) is 9.08. The third-order valence-corrected chi connectivity index (χ3v) is 4.28. The van der Waals surface area contributed by atoms with Crippen LogP contribution in [0, 0.1) is 5.92 Å². The molecule has 0 radical (unpaired) electrons. The first-order chi connectivity index (χ1) is 5.24. The summed E-state index contributed by atoms with van der Waals surface area (Å²) in [4.78, 5) is 0. The van der Waals surface area contributed by atoms with Crippen LogP contribution in [0.15, 0.2) is 0 Å². The van der Waals surface area contributed by atoms with Crippen molar-refractivity contribution in [1.29, 1.82) is 0 Å². The molecule has 0 bridgehead atoms. The van der Waals surface area contributed by atoms with E-state index in [0.717, 1.165) is 6.54 Å². The summed E-state index contributed by atoms with van der Waals surface area (Å²) in [7, 11) is 3.12. The molecule has 3 nitrogen and oxygen atoms in total. The lowest BCUT2D eigenvalue weighted by atomic mass is 10.2. The molecule has 2 N–H and O–H groups in total. The summed E-state index contributed by atoms with van der Waals surface area (Å²) in [5, 5.41) is 0. The zero-order valence-electron chi connectivity index (χ0n) is 7.67. The first-order valence-corrected chi connectivity index (χ1v) is 5.81. The molecule has 0 aliphatic rings. The molecule has 0 saturated heterocycles. The normalized spacial score (nSPS) is 15.0. The molecule has 11 heavy (non-hydrogen) atoms.